The maximum Gasteiger partial charge on any atom is -0.00481 e. The van der Waals surface area contributed by atoms with Crippen LogP contribution >= 0.6 is 0 Å². The normalized spacial score (nSPS) is 16.0. The Morgan fingerprint density at radius 3 is 1.69 bits per heavy atom. The van der Waals surface area contributed by atoms with Crippen LogP contribution in [-0.2, 0) is 12.8 Å². The van der Waals surface area contributed by atoms with Gasteiger partial charge in [0.05, 0.1) is 0 Å². The summed E-state index contributed by atoms with van der Waals surface area (Å²) < 4.78 is 0. The lowest BCUT2D eigenvalue weighted by Crippen LogP contribution is -1.91. The van der Waals surface area contributed by atoms with Crippen LogP contribution < -0.4 is 0 Å². The maximum absolute atomic E-state index is 2.26. The Bertz CT molecular complexity index is 564. The molecule has 2 aromatic rings. The monoisotopic (exact) mass is 204 g/mol. The predicted molar refractivity (Wildman–Crippen MR) is 66.3 cm³/mol. The summed E-state index contributed by atoms with van der Waals surface area (Å²) in [4.78, 5) is 0. The molecule has 0 atom stereocenters. The quantitative estimate of drug-likeness (QED) is 0.615. The number of rotatable bonds is 0. The maximum atomic E-state index is 2.26. The van der Waals surface area contributed by atoms with Gasteiger partial charge in [-0.2, -0.15) is 0 Å². The Kier molecular flexibility index (Phi) is 1.49. The third-order valence-corrected chi connectivity index (χ3v) is 3.73. The van der Waals surface area contributed by atoms with Crippen LogP contribution in [0.15, 0.2) is 54.1 Å². The minimum Gasteiger partial charge on any atom is -0.0619 e. The van der Waals surface area contributed by atoms with Crippen LogP contribution in [0.1, 0.15) is 22.3 Å². The van der Waals surface area contributed by atoms with Crippen LogP contribution in [0.25, 0.3) is 5.57 Å². The number of fused-ring (bicyclic) bond motifs is 4. The van der Waals surface area contributed by atoms with Crippen molar-refractivity contribution in [2.45, 2.75) is 12.8 Å². The standard InChI is InChI=1S/C16H12/c1-3-7-14-11(5-1)9-13-10-12-6-2-4-8-15(12)16(13)14/h1-8H,9-10H2. The first-order valence-electron chi connectivity index (χ1n) is 5.82. The van der Waals surface area contributed by atoms with Crippen LogP contribution in [-0.4, -0.2) is 0 Å². The molecule has 0 saturated heterocycles. The third kappa shape index (κ3) is 0.943. The molecule has 16 heavy (non-hydrogen) atoms. The van der Waals surface area contributed by atoms with E-state index in [0.717, 1.165) is 12.8 Å². The van der Waals surface area contributed by atoms with Gasteiger partial charge in [0.25, 0.3) is 0 Å². The zero-order valence-corrected chi connectivity index (χ0v) is 9.03. The lowest BCUT2D eigenvalue weighted by atomic mass is 9.98. The number of allylic oxidation sites excluding steroid dienone is 1. The van der Waals surface area contributed by atoms with Crippen LogP contribution in [0.3, 0.4) is 0 Å². The summed E-state index contributed by atoms with van der Waals surface area (Å²) in [6.07, 6.45) is 2.31. The zero-order chi connectivity index (χ0) is 10.5. The fraction of sp³-hybridized carbons (Fsp3) is 0.125. The largest absolute Gasteiger partial charge is 0.0619 e. The summed E-state index contributed by atoms with van der Waals surface area (Å²) >= 11 is 0. The lowest BCUT2D eigenvalue weighted by Gasteiger charge is -2.06. The fourth-order valence-electron chi connectivity index (χ4n) is 3.06. The second kappa shape index (κ2) is 2.85. The highest BCUT2D eigenvalue weighted by Gasteiger charge is 2.28. The molecule has 0 radical (unpaired) electrons. The molecule has 0 heterocycles. The van der Waals surface area contributed by atoms with Gasteiger partial charge in [-0.1, -0.05) is 54.1 Å². The highest BCUT2D eigenvalue weighted by atomic mass is 14.3. The summed E-state index contributed by atoms with van der Waals surface area (Å²) in [7, 11) is 0. The Morgan fingerprint density at radius 1 is 0.625 bits per heavy atom. The number of hydrogen-bond donors (Lipinski definition) is 0. The minimum absolute atomic E-state index is 1.15. The van der Waals surface area contributed by atoms with Crippen LogP contribution in [0.5, 0.6) is 0 Å². The first kappa shape index (κ1) is 8.35. The lowest BCUT2D eigenvalue weighted by molar-refractivity contribution is 1.09. The molecule has 0 spiro atoms. The van der Waals surface area contributed by atoms with E-state index in [1.165, 1.54) is 27.8 Å². The highest BCUT2D eigenvalue weighted by molar-refractivity contribution is 5.91. The SMILES string of the molecule is c1ccc2c(c1)CC1=C2c2ccccc2C1. The molecule has 0 saturated carbocycles. The Hall–Kier alpha value is -1.82. The smallest absolute Gasteiger partial charge is 0.00481 e. The number of hydrogen-bond acceptors (Lipinski definition) is 0. The molecule has 76 valence electrons. The van der Waals surface area contributed by atoms with Crippen molar-refractivity contribution in [2.24, 2.45) is 0 Å². The first-order chi connectivity index (χ1) is 7.93. The average molecular weight is 204 g/mol. The van der Waals surface area contributed by atoms with E-state index in [4.69, 9.17) is 0 Å². The van der Waals surface area contributed by atoms with Crippen molar-refractivity contribution in [1.29, 1.82) is 0 Å². The molecular weight excluding hydrogens is 192 g/mol. The van der Waals surface area contributed by atoms with E-state index in [2.05, 4.69) is 48.5 Å². The molecule has 0 bridgehead atoms. The van der Waals surface area contributed by atoms with Crippen molar-refractivity contribution in [1.82, 2.24) is 0 Å². The molecule has 0 heteroatoms. The van der Waals surface area contributed by atoms with Crippen LogP contribution in [0, 0.1) is 0 Å². The van der Waals surface area contributed by atoms with Gasteiger partial charge in [-0.15, -0.1) is 0 Å². The molecule has 2 aliphatic carbocycles. The number of benzene rings is 2. The van der Waals surface area contributed by atoms with Crippen molar-refractivity contribution in [3.05, 3.63) is 76.4 Å². The second-order valence-corrected chi connectivity index (χ2v) is 4.65. The van der Waals surface area contributed by atoms with Crippen molar-refractivity contribution in [3.63, 3.8) is 0 Å². The predicted octanol–water partition coefficient (Wildman–Crippen LogP) is 3.60. The van der Waals surface area contributed by atoms with Gasteiger partial charge in [-0.05, 0) is 40.7 Å². The van der Waals surface area contributed by atoms with Gasteiger partial charge < -0.3 is 0 Å². The molecule has 2 aromatic carbocycles. The van der Waals surface area contributed by atoms with Crippen molar-refractivity contribution in [3.8, 4) is 0 Å². The molecule has 2 aliphatic rings. The summed E-state index contributed by atoms with van der Waals surface area (Å²) in [5, 5.41) is 0. The van der Waals surface area contributed by atoms with Gasteiger partial charge in [0.15, 0.2) is 0 Å². The zero-order valence-electron chi connectivity index (χ0n) is 9.03. The van der Waals surface area contributed by atoms with Crippen molar-refractivity contribution < 1.29 is 0 Å². The minimum atomic E-state index is 1.15. The van der Waals surface area contributed by atoms with Crippen LogP contribution in [0.4, 0.5) is 0 Å². The van der Waals surface area contributed by atoms with Gasteiger partial charge in [0.2, 0.25) is 0 Å². The molecular formula is C16H12. The Balaban J connectivity index is 1.99. The molecule has 0 nitrogen and oxygen atoms in total. The molecule has 0 aliphatic heterocycles. The van der Waals surface area contributed by atoms with E-state index in [1.807, 2.05) is 0 Å². The van der Waals surface area contributed by atoms with E-state index in [0.29, 0.717) is 0 Å². The summed E-state index contributed by atoms with van der Waals surface area (Å²) in [5.41, 5.74) is 9.06. The van der Waals surface area contributed by atoms with E-state index in [1.54, 1.807) is 5.57 Å². The van der Waals surface area contributed by atoms with Gasteiger partial charge in [0, 0.05) is 0 Å². The van der Waals surface area contributed by atoms with Gasteiger partial charge in [-0.25, -0.2) is 0 Å². The summed E-state index contributed by atoms with van der Waals surface area (Å²) in [5.74, 6) is 0. The fourth-order valence-corrected chi connectivity index (χ4v) is 3.06. The molecule has 4 rings (SSSR count). The molecule has 0 amide bonds. The highest BCUT2D eigenvalue weighted by Crippen LogP contribution is 2.44. The van der Waals surface area contributed by atoms with Gasteiger partial charge in [-0.3, -0.25) is 0 Å². The molecule has 0 aromatic heterocycles. The molecule has 0 fully saturated rings. The van der Waals surface area contributed by atoms with Gasteiger partial charge >= 0.3 is 0 Å². The first-order valence-corrected chi connectivity index (χ1v) is 5.82. The summed E-state index contributed by atoms with van der Waals surface area (Å²) in [6, 6.07) is 17.6. The van der Waals surface area contributed by atoms with E-state index in [9.17, 15) is 0 Å². The Morgan fingerprint density at radius 2 is 1.12 bits per heavy atom. The third-order valence-electron chi connectivity index (χ3n) is 3.73. The van der Waals surface area contributed by atoms with E-state index < -0.39 is 0 Å². The van der Waals surface area contributed by atoms with Gasteiger partial charge in [0.1, 0.15) is 0 Å². The second-order valence-electron chi connectivity index (χ2n) is 4.65. The van der Waals surface area contributed by atoms with E-state index >= 15 is 0 Å². The average Bonchev–Trinajstić information content (AvgIpc) is 2.83. The van der Waals surface area contributed by atoms with Crippen LogP contribution in [0.2, 0.25) is 0 Å². The van der Waals surface area contributed by atoms with Crippen molar-refractivity contribution >= 4 is 5.57 Å². The summed E-state index contributed by atoms with van der Waals surface area (Å²) in [6.45, 7) is 0. The van der Waals surface area contributed by atoms with Crippen molar-refractivity contribution in [2.75, 3.05) is 0 Å². The molecule has 0 N–H and O–H groups in total. The Labute approximate surface area is 95.2 Å². The van der Waals surface area contributed by atoms with E-state index in [-0.39, 0.29) is 0 Å². The molecule has 0 unspecified atom stereocenters. The topological polar surface area (TPSA) is 0 Å².